The van der Waals surface area contributed by atoms with E-state index in [9.17, 15) is 9.59 Å². The van der Waals surface area contributed by atoms with Crippen molar-refractivity contribution in [3.63, 3.8) is 0 Å². The minimum absolute atomic E-state index is 0.0327. The number of methoxy groups -OCH3 is 1. The molecule has 0 aliphatic heterocycles. The van der Waals surface area contributed by atoms with E-state index in [4.69, 9.17) is 0 Å². The van der Waals surface area contributed by atoms with Gasteiger partial charge < -0.3 is 14.2 Å². The van der Waals surface area contributed by atoms with Crippen LogP contribution >= 0.6 is 0 Å². The molecule has 5 nitrogen and oxygen atoms in total. The number of esters is 1. The Balaban J connectivity index is 2.37. The maximum Gasteiger partial charge on any atom is 0.325 e. The number of aromatic nitrogens is 1. The van der Waals surface area contributed by atoms with Crippen LogP contribution in [0.1, 0.15) is 17.3 Å². The smallest absolute Gasteiger partial charge is 0.325 e. The van der Waals surface area contributed by atoms with Gasteiger partial charge >= 0.3 is 5.97 Å². The van der Waals surface area contributed by atoms with Gasteiger partial charge in [-0.25, -0.2) is 0 Å². The first kappa shape index (κ1) is 14.1. The van der Waals surface area contributed by atoms with Crippen LogP contribution in [0.25, 0.3) is 10.9 Å². The van der Waals surface area contributed by atoms with Gasteiger partial charge in [-0.15, -0.1) is 0 Å². The normalized spacial score (nSPS) is 10.6. The predicted molar refractivity (Wildman–Crippen MR) is 76.5 cm³/mol. The third-order valence-electron chi connectivity index (χ3n) is 3.34. The number of hydrogen-bond donors (Lipinski definition) is 0. The summed E-state index contributed by atoms with van der Waals surface area (Å²) in [5.74, 6) is -0.574. The standard InChI is InChI=1S/C15H18N2O3/c1-4-17(10-14(18)20-3)15(19)12-9-16(2)13-8-6-5-7-11(12)13/h5-9H,4,10H2,1-3H3. The number of amides is 1. The molecule has 0 aliphatic rings. The van der Waals surface area contributed by atoms with Gasteiger partial charge in [-0.2, -0.15) is 0 Å². The Bertz CT molecular complexity index is 646. The molecule has 5 heteroatoms. The summed E-state index contributed by atoms with van der Waals surface area (Å²) in [6, 6.07) is 7.70. The largest absolute Gasteiger partial charge is 0.468 e. The summed E-state index contributed by atoms with van der Waals surface area (Å²) in [4.78, 5) is 25.4. The van der Waals surface area contributed by atoms with Gasteiger partial charge in [0.05, 0.1) is 12.7 Å². The highest BCUT2D eigenvalue weighted by Gasteiger charge is 2.21. The molecule has 0 saturated heterocycles. The highest BCUT2D eigenvalue weighted by atomic mass is 16.5. The molecule has 1 aromatic heterocycles. The fraction of sp³-hybridized carbons (Fsp3) is 0.333. The number of nitrogens with zero attached hydrogens (tertiary/aromatic N) is 2. The van der Waals surface area contributed by atoms with Crippen LogP contribution in [0.4, 0.5) is 0 Å². The first-order valence-electron chi connectivity index (χ1n) is 6.48. The summed E-state index contributed by atoms with van der Waals surface area (Å²) in [5, 5.41) is 0.892. The summed E-state index contributed by atoms with van der Waals surface area (Å²) in [5.41, 5.74) is 1.60. The second kappa shape index (κ2) is 5.77. The quantitative estimate of drug-likeness (QED) is 0.799. The van der Waals surface area contributed by atoms with E-state index in [0.717, 1.165) is 10.9 Å². The van der Waals surface area contributed by atoms with Crippen LogP contribution in [0.2, 0.25) is 0 Å². The molecule has 0 atom stereocenters. The topological polar surface area (TPSA) is 51.5 Å². The van der Waals surface area contributed by atoms with Gasteiger partial charge in [0.1, 0.15) is 6.54 Å². The van der Waals surface area contributed by atoms with E-state index in [1.807, 2.05) is 42.8 Å². The SMILES string of the molecule is CCN(CC(=O)OC)C(=O)c1cn(C)c2ccccc12. The molecule has 1 aromatic carbocycles. The third kappa shape index (κ3) is 2.52. The van der Waals surface area contributed by atoms with Crippen molar-refractivity contribution in [2.75, 3.05) is 20.2 Å². The molecule has 106 valence electrons. The molecule has 0 fully saturated rings. The van der Waals surface area contributed by atoms with Crippen LogP contribution in [0.15, 0.2) is 30.5 Å². The number of carbonyl (C=O) groups is 2. The summed E-state index contributed by atoms with van der Waals surface area (Å²) in [6.07, 6.45) is 1.80. The molecule has 0 unspecified atom stereocenters. The lowest BCUT2D eigenvalue weighted by atomic mass is 10.1. The second-order valence-electron chi connectivity index (χ2n) is 4.57. The Morgan fingerprint density at radius 2 is 2.00 bits per heavy atom. The Morgan fingerprint density at radius 1 is 1.30 bits per heavy atom. The summed E-state index contributed by atoms with van der Waals surface area (Å²) >= 11 is 0. The lowest BCUT2D eigenvalue weighted by Gasteiger charge is -2.18. The number of aryl methyl sites for hydroxylation is 1. The Hall–Kier alpha value is -2.30. The van der Waals surface area contributed by atoms with Crippen LogP contribution < -0.4 is 0 Å². The zero-order chi connectivity index (χ0) is 14.7. The van der Waals surface area contributed by atoms with Gasteiger partial charge in [0, 0.05) is 30.7 Å². The van der Waals surface area contributed by atoms with Crippen molar-refractivity contribution in [3.05, 3.63) is 36.0 Å². The molecule has 2 aromatic rings. The Morgan fingerprint density at radius 3 is 2.65 bits per heavy atom. The van der Waals surface area contributed by atoms with Crippen molar-refractivity contribution >= 4 is 22.8 Å². The lowest BCUT2D eigenvalue weighted by molar-refractivity contribution is -0.141. The third-order valence-corrected chi connectivity index (χ3v) is 3.34. The molecule has 0 saturated carbocycles. The van der Waals surface area contributed by atoms with Gasteiger partial charge in [0.15, 0.2) is 0 Å². The average Bonchev–Trinajstić information content (AvgIpc) is 2.81. The van der Waals surface area contributed by atoms with Gasteiger partial charge in [0.25, 0.3) is 5.91 Å². The monoisotopic (exact) mass is 274 g/mol. The first-order valence-corrected chi connectivity index (χ1v) is 6.48. The van der Waals surface area contributed by atoms with E-state index in [2.05, 4.69) is 4.74 Å². The number of carbonyl (C=O) groups excluding carboxylic acids is 2. The molecular formula is C15H18N2O3. The number of rotatable bonds is 4. The lowest BCUT2D eigenvalue weighted by Crippen LogP contribution is -2.35. The van der Waals surface area contributed by atoms with Crippen LogP contribution in [0.3, 0.4) is 0 Å². The van der Waals surface area contributed by atoms with Gasteiger partial charge in [0.2, 0.25) is 0 Å². The average molecular weight is 274 g/mol. The van der Waals surface area contributed by atoms with E-state index in [-0.39, 0.29) is 12.5 Å². The molecule has 0 spiro atoms. The van der Waals surface area contributed by atoms with Crippen molar-refractivity contribution in [1.82, 2.24) is 9.47 Å². The number of ether oxygens (including phenoxy) is 1. The molecule has 2 rings (SSSR count). The number of para-hydroxylation sites is 1. The van der Waals surface area contributed by atoms with Crippen molar-refractivity contribution < 1.29 is 14.3 Å². The van der Waals surface area contributed by atoms with E-state index < -0.39 is 5.97 Å². The van der Waals surface area contributed by atoms with Crippen LogP contribution in [0, 0.1) is 0 Å². The Kier molecular flexibility index (Phi) is 4.08. The molecule has 0 radical (unpaired) electrons. The summed E-state index contributed by atoms with van der Waals surface area (Å²) in [6.45, 7) is 2.26. The highest BCUT2D eigenvalue weighted by Crippen LogP contribution is 2.21. The Labute approximate surface area is 117 Å². The van der Waals surface area contributed by atoms with E-state index >= 15 is 0 Å². The van der Waals surface area contributed by atoms with Crippen LogP contribution in [-0.2, 0) is 16.6 Å². The molecule has 1 amide bonds. The van der Waals surface area contributed by atoms with E-state index in [1.54, 1.807) is 6.20 Å². The molecule has 0 N–H and O–H groups in total. The summed E-state index contributed by atoms with van der Waals surface area (Å²) in [7, 11) is 3.22. The summed E-state index contributed by atoms with van der Waals surface area (Å²) < 4.78 is 6.53. The maximum absolute atomic E-state index is 12.6. The maximum atomic E-state index is 12.6. The number of likely N-dealkylation sites (N-methyl/N-ethyl adjacent to an activating group) is 1. The molecule has 0 aliphatic carbocycles. The van der Waals surface area contributed by atoms with Gasteiger partial charge in [-0.3, -0.25) is 9.59 Å². The second-order valence-corrected chi connectivity index (χ2v) is 4.57. The zero-order valence-corrected chi connectivity index (χ0v) is 11.9. The molecule has 20 heavy (non-hydrogen) atoms. The van der Waals surface area contributed by atoms with Crippen LogP contribution in [0.5, 0.6) is 0 Å². The molecule has 1 heterocycles. The van der Waals surface area contributed by atoms with Crippen molar-refractivity contribution in [1.29, 1.82) is 0 Å². The number of benzene rings is 1. The zero-order valence-electron chi connectivity index (χ0n) is 11.9. The van der Waals surface area contributed by atoms with Crippen molar-refractivity contribution in [2.45, 2.75) is 6.92 Å². The minimum Gasteiger partial charge on any atom is -0.468 e. The van der Waals surface area contributed by atoms with E-state index in [1.165, 1.54) is 12.0 Å². The van der Waals surface area contributed by atoms with Gasteiger partial charge in [-0.1, -0.05) is 18.2 Å². The fourth-order valence-corrected chi connectivity index (χ4v) is 2.23. The fourth-order valence-electron chi connectivity index (χ4n) is 2.23. The van der Waals surface area contributed by atoms with E-state index in [0.29, 0.717) is 12.1 Å². The number of fused-ring (bicyclic) bond motifs is 1. The predicted octanol–water partition coefficient (Wildman–Crippen LogP) is 1.81. The minimum atomic E-state index is -0.416. The van der Waals surface area contributed by atoms with Gasteiger partial charge in [-0.05, 0) is 13.0 Å². The van der Waals surface area contributed by atoms with Crippen LogP contribution in [-0.4, -0.2) is 41.5 Å². The van der Waals surface area contributed by atoms with Crippen molar-refractivity contribution in [2.24, 2.45) is 7.05 Å². The number of hydrogen-bond acceptors (Lipinski definition) is 3. The highest BCUT2D eigenvalue weighted by molar-refractivity contribution is 6.07. The first-order chi connectivity index (χ1) is 9.58. The molecular weight excluding hydrogens is 256 g/mol. The molecule has 0 bridgehead atoms. The van der Waals surface area contributed by atoms with Crippen molar-refractivity contribution in [3.8, 4) is 0 Å².